The first-order valence-corrected chi connectivity index (χ1v) is 12.0. The van der Waals surface area contributed by atoms with Gasteiger partial charge in [0.15, 0.2) is 5.78 Å². The van der Waals surface area contributed by atoms with Crippen LogP contribution >= 0.6 is 0 Å². The van der Waals surface area contributed by atoms with Crippen LogP contribution in [0.1, 0.15) is 64.4 Å². The molecule has 2 aromatic rings. The highest BCUT2D eigenvalue weighted by Gasteiger charge is 2.37. The van der Waals surface area contributed by atoms with E-state index in [2.05, 4.69) is 35.6 Å². The summed E-state index contributed by atoms with van der Waals surface area (Å²) in [7, 11) is 0. The molecule has 2 aliphatic heterocycles. The highest BCUT2D eigenvalue weighted by Crippen LogP contribution is 2.40. The Morgan fingerprint density at radius 2 is 2.03 bits per heavy atom. The van der Waals surface area contributed by atoms with Crippen molar-refractivity contribution >= 4 is 17.4 Å². The van der Waals surface area contributed by atoms with E-state index in [1.807, 2.05) is 18.2 Å². The number of aromatic nitrogens is 1. The van der Waals surface area contributed by atoms with Gasteiger partial charge in [0.05, 0.1) is 24.8 Å². The summed E-state index contributed by atoms with van der Waals surface area (Å²) in [6, 6.07) is 6.03. The number of rotatable bonds is 1. The summed E-state index contributed by atoms with van der Waals surface area (Å²) < 4.78 is 8.03. The normalized spacial score (nSPS) is 22.8. The van der Waals surface area contributed by atoms with Gasteiger partial charge in [-0.15, -0.1) is 0 Å². The average Bonchev–Trinajstić information content (AvgIpc) is 3.02. The van der Waals surface area contributed by atoms with Crippen molar-refractivity contribution in [1.29, 1.82) is 0 Å². The molecule has 0 spiro atoms. The molecule has 33 heavy (non-hydrogen) atoms. The van der Waals surface area contributed by atoms with E-state index in [4.69, 9.17) is 10.5 Å². The van der Waals surface area contributed by atoms with Crippen LogP contribution in [0.5, 0.6) is 0 Å². The Labute approximate surface area is 195 Å². The zero-order chi connectivity index (χ0) is 23.3. The first-order valence-electron chi connectivity index (χ1n) is 12.0. The minimum absolute atomic E-state index is 0.0788. The van der Waals surface area contributed by atoms with E-state index >= 15 is 0 Å². The molecule has 7 nitrogen and oxygen atoms in total. The van der Waals surface area contributed by atoms with Gasteiger partial charge in [0.25, 0.3) is 5.91 Å². The van der Waals surface area contributed by atoms with E-state index in [-0.39, 0.29) is 17.2 Å². The number of ether oxygens (including phenoxy) is 1. The third-order valence-electron chi connectivity index (χ3n) is 7.46. The maximum absolute atomic E-state index is 13.2. The molecule has 2 bridgehead atoms. The number of nitrogens with two attached hydrogens (primary N) is 1. The Hall–Kier alpha value is -2.64. The number of nitrogens with zero attached hydrogens (tertiary/aromatic N) is 2. The predicted octanol–water partition coefficient (Wildman–Crippen LogP) is 3.10. The Bertz CT molecular complexity index is 1120. The van der Waals surface area contributed by atoms with Crippen LogP contribution in [0.4, 0.5) is 5.69 Å². The van der Waals surface area contributed by atoms with Gasteiger partial charge in [0.1, 0.15) is 0 Å². The molecule has 3 heterocycles. The van der Waals surface area contributed by atoms with E-state index in [1.165, 1.54) is 5.69 Å². The van der Waals surface area contributed by atoms with Crippen LogP contribution < -0.4 is 11.1 Å². The number of hydrogen-bond acceptors (Lipinski definition) is 5. The molecule has 1 fully saturated rings. The number of carbonyl (C=O) groups is 2. The number of amides is 1. The second-order valence-electron chi connectivity index (χ2n) is 10.5. The second-order valence-corrected chi connectivity index (χ2v) is 10.5. The molecule has 1 unspecified atom stereocenters. The number of Topliss-reactive ketones (excluding diaryl/α,β-unsaturated/α-hetero) is 1. The maximum atomic E-state index is 13.2. The monoisotopic (exact) mass is 450 g/mol. The highest BCUT2D eigenvalue weighted by atomic mass is 16.5. The fraction of sp³-hybridized carbons (Fsp3) is 0.538. The summed E-state index contributed by atoms with van der Waals surface area (Å²) in [6.45, 7) is 10.4. The average molecular weight is 451 g/mol. The minimum atomic E-state index is -0.449. The van der Waals surface area contributed by atoms with Crippen molar-refractivity contribution in [3.63, 3.8) is 0 Å². The lowest BCUT2D eigenvalue weighted by molar-refractivity contribution is -0.00273. The molecular formula is C26H34N4O3. The van der Waals surface area contributed by atoms with E-state index in [1.54, 1.807) is 0 Å². The summed E-state index contributed by atoms with van der Waals surface area (Å²) >= 11 is 0. The molecule has 0 radical (unpaired) electrons. The Kier molecular flexibility index (Phi) is 5.57. The summed E-state index contributed by atoms with van der Waals surface area (Å²) in [6.07, 6.45) is 3.34. The van der Waals surface area contributed by atoms with Crippen LogP contribution in [0.15, 0.2) is 18.2 Å². The molecule has 1 aromatic carbocycles. The van der Waals surface area contributed by atoms with E-state index in [9.17, 15) is 9.59 Å². The first-order chi connectivity index (χ1) is 15.7. The largest absolute Gasteiger partial charge is 0.383 e. The summed E-state index contributed by atoms with van der Waals surface area (Å²) in [5, 5.41) is 3.49. The molecule has 1 aliphatic carbocycles. The van der Waals surface area contributed by atoms with Crippen LogP contribution in [0, 0.1) is 12.3 Å². The number of benzene rings is 1. The molecule has 1 amide bonds. The van der Waals surface area contributed by atoms with Gasteiger partial charge in [-0.3, -0.25) is 14.5 Å². The topological polar surface area (TPSA) is 89.6 Å². The van der Waals surface area contributed by atoms with E-state index < -0.39 is 5.91 Å². The van der Waals surface area contributed by atoms with Crippen molar-refractivity contribution in [3.05, 3.63) is 46.3 Å². The third-order valence-corrected chi connectivity index (χ3v) is 7.46. The van der Waals surface area contributed by atoms with Crippen molar-refractivity contribution in [2.45, 2.75) is 52.5 Å². The standard InChI is InChI=1S/C26H34N4O3/c1-16-21-5-4-8-29-9-10-33-15-18(29)14-28-20-11-17(6-7-19(20)25(27)32)30(21)22-12-26(2,3)13-23(31)24(16)22/h6-7,11,18,28H,4-5,8-10,12-15H2,1-3H3,(H2,27,32). The van der Waals surface area contributed by atoms with Gasteiger partial charge in [-0.25, -0.2) is 0 Å². The third kappa shape index (κ3) is 3.97. The Morgan fingerprint density at radius 3 is 2.82 bits per heavy atom. The first kappa shape index (κ1) is 22.2. The van der Waals surface area contributed by atoms with Gasteiger partial charge in [0, 0.05) is 47.8 Å². The molecule has 1 aromatic heterocycles. The van der Waals surface area contributed by atoms with Gasteiger partial charge in [0.2, 0.25) is 0 Å². The zero-order valence-electron chi connectivity index (χ0n) is 19.9. The molecule has 3 aliphatic rings. The van der Waals surface area contributed by atoms with Crippen LogP contribution in [0.25, 0.3) is 5.69 Å². The minimum Gasteiger partial charge on any atom is -0.383 e. The second kappa shape index (κ2) is 8.29. The summed E-state index contributed by atoms with van der Waals surface area (Å²) in [5.41, 5.74) is 12.1. The predicted molar refractivity (Wildman–Crippen MR) is 128 cm³/mol. The van der Waals surface area contributed by atoms with Crippen LogP contribution in [-0.2, 0) is 17.6 Å². The Balaban J connectivity index is 1.68. The molecule has 1 saturated heterocycles. The van der Waals surface area contributed by atoms with Gasteiger partial charge >= 0.3 is 0 Å². The van der Waals surface area contributed by atoms with Crippen LogP contribution in [-0.4, -0.2) is 60.0 Å². The maximum Gasteiger partial charge on any atom is 0.250 e. The van der Waals surface area contributed by atoms with Crippen LogP contribution in [0.2, 0.25) is 0 Å². The lowest BCUT2D eigenvalue weighted by Crippen LogP contribution is -2.49. The van der Waals surface area contributed by atoms with Crippen LogP contribution in [0.3, 0.4) is 0 Å². The summed E-state index contributed by atoms with van der Waals surface area (Å²) in [4.78, 5) is 27.9. The van der Waals surface area contributed by atoms with Gasteiger partial charge in [-0.05, 0) is 61.9 Å². The lowest BCUT2D eigenvalue weighted by Gasteiger charge is -2.36. The number of hydrogen-bond donors (Lipinski definition) is 2. The fourth-order valence-electron chi connectivity index (χ4n) is 5.87. The SMILES string of the molecule is Cc1c2c(n3c1CCCN1CCOCC1CNc1cc-3ccc1C(N)=O)CC(C)(C)CC2=O. The molecular weight excluding hydrogens is 416 g/mol. The molecule has 5 rings (SSSR count). The quantitative estimate of drug-likeness (QED) is 0.697. The number of anilines is 1. The highest BCUT2D eigenvalue weighted by molar-refractivity contribution is 6.01. The smallest absolute Gasteiger partial charge is 0.250 e. The number of ketones is 1. The van der Waals surface area contributed by atoms with E-state index in [0.717, 1.165) is 67.2 Å². The number of nitrogens with one attached hydrogen (secondary N) is 1. The molecule has 3 N–H and O–H groups in total. The molecule has 7 heteroatoms. The van der Waals surface area contributed by atoms with Crippen molar-refractivity contribution in [3.8, 4) is 5.69 Å². The zero-order valence-corrected chi connectivity index (χ0v) is 19.9. The van der Waals surface area contributed by atoms with Crippen molar-refractivity contribution in [2.24, 2.45) is 11.1 Å². The number of primary amides is 1. The fourth-order valence-corrected chi connectivity index (χ4v) is 5.87. The van der Waals surface area contributed by atoms with Gasteiger partial charge in [-0.1, -0.05) is 13.8 Å². The molecule has 1 atom stereocenters. The van der Waals surface area contributed by atoms with Crippen molar-refractivity contribution in [1.82, 2.24) is 9.47 Å². The van der Waals surface area contributed by atoms with Crippen molar-refractivity contribution < 1.29 is 14.3 Å². The lowest BCUT2D eigenvalue weighted by atomic mass is 9.75. The number of morpholine rings is 1. The summed E-state index contributed by atoms with van der Waals surface area (Å²) in [5.74, 6) is -0.210. The number of fused-ring (bicyclic) bond motifs is 7. The Morgan fingerprint density at radius 1 is 1.21 bits per heavy atom. The van der Waals surface area contributed by atoms with Gasteiger partial charge < -0.3 is 20.4 Å². The molecule has 176 valence electrons. The number of carbonyl (C=O) groups excluding carboxylic acids is 2. The van der Waals surface area contributed by atoms with Gasteiger partial charge in [-0.2, -0.15) is 0 Å². The van der Waals surface area contributed by atoms with Crippen molar-refractivity contribution in [2.75, 3.05) is 38.2 Å². The van der Waals surface area contributed by atoms with E-state index in [0.29, 0.717) is 25.1 Å². The molecule has 0 saturated carbocycles.